The molecule has 0 N–H and O–H groups in total. The van der Waals surface area contributed by atoms with Crippen LogP contribution in [0.2, 0.25) is 0 Å². The SMILES string of the molecule is Cc1cc2c(s1)c1cnn(CCN3CCOCC3)c(=O)c1n2Cc1ccc(F)cc1. The minimum atomic E-state index is -0.262. The summed E-state index contributed by atoms with van der Waals surface area (Å²) >= 11 is 1.68. The number of fused-ring (bicyclic) bond motifs is 3. The van der Waals surface area contributed by atoms with Crippen molar-refractivity contribution in [3.8, 4) is 0 Å². The lowest BCUT2D eigenvalue weighted by atomic mass is 10.2. The van der Waals surface area contributed by atoms with E-state index < -0.39 is 0 Å². The van der Waals surface area contributed by atoms with Crippen molar-refractivity contribution in [1.29, 1.82) is 0 Å². The molecule has 30 heavy (non-hydrogen) atoms. The fraction of sp³-hybridized carbons (Fsp3) is 0.364. The molecule has 1 saturated heterocycles. The summed E-state index contributed by atoms with van der Waals surface area (Å²) in [7, 11) is 0. The predicted molar refractivity (Wildman–Crippen MR) is 117 cm³/mol. The lowest BCUT2D eigenvalue weighted by molar-refractivity contribution is 0.0358. The van der Waals surface area contributed by atoms with Gasteiger partial charge in [0.25, 0.3) is 5.56 Å². The molecule has 1 aliphatic heterocycles. The number of hydrogen-bond acceptors (Lipinski definition) is 5. The first-order valence-corrected chi connectivity index (χ1v) is 10.9. The molecule has 0 amide bonds. The third-order valence-electron chi connectivity index (χ3n) is 5.65. The molecule has 8 heteroatoms. The highest BCUT2D eigenvalue weighted by atomic mass is 32.1. The van der Waals surface area contributed by atoms with E-state index in [1.165, 1.54) is 17.0 Å². The van der Waals surface area contributed by atoms with Gasteiger partial charge in [0.1, 0.15) is 11.3 Å². The average molecular weight is 427 g/mol. The van der Waals surface area contributed by atoms with Crippen LogP contribution in [0.1, 0.15) is 10.4 Å². The molecular formula is C22H23FN4O2S. The van der Waals surface area contributed by atoms with Crippen molar-refractivity contribution < 1.29 is 9.13 Å². The Labute approximate surface area is 177 Å². The molecule has 4 aromatic rings. The van der Waals surface area contributed by atoms with Gasteiger partial charge in [-0.2, -0.15) is 5.10 Å². The minimum absolute atomic E-state index is 0.0797. The maximum Gasteiger partial charge on any atom is 0.291 e. The number of aryl methyl sites for hydroxylation is 1. The fourth-order valence-corrected chi connectivity index (χ4v) is 5.10. The molecule has 156 valence electrons. The standard InChI is InChI=1S/C22H23FN4O2S/c1-15-12-19-21(30-15)18-13-24-27(7-6-25-8-10-29-11-9-25)22(28)20(18)26(19)14-16-2-4-17(23)5-3-16/h2-5,12-13H,6-11,14H2,1H3. The third-order valence-corrected chi connectivity index (χ3v) is 6.72. The van der Waals surface area contributed by atoms with Crippen molar-refractivity contribution in [2.24, 2.45) is 0 Å². The van der Waals surface area contributed by atoms with Crippen molar-refractivity contribution in [3.05, 3.63) is 63.1 Å². The smallest absolute Gasteiger partial charge is 0.291 e. The number of aromatic nitrogens is 3. The third kappa shape index (κ3) is 3.55. The summed E-state index contributed by atoms with van der Waals surface area (Å²) in [6.45, 7) is 7.13. The second kappa shape index (κ2) is 7.94. The van der Waals surface area contributed by atoms with Gasteiger partial charge in [-0.15, -0.1) is 11.3 Å². The summed E-state index contributed by atoms with van der Waals surface area (Å²) in [6, 6.07) is 8.56. The largest absolute Gasteiger partial charge is 0.379 e. The summed E-state index contributed by atoms with van der Waals surface area (Å²) in [5.41, 5.74) is 2.57. The molecule has 0 aliphatic carbocycles. The van der Waals surface area contributed by atoms with Crippen LogP contribution < -0.4 is 5.56 Å². The Kier molecular flexibility index (Phi) is 5.14. The van der Waals surface area contributed by atoms with Crippen molar-refractivity contribution in [2.45, 2.75) is 20.0 Å². The lowest BCUT2D eigenvalue weighted by Gasteiger charge is -2.26. The van der Waals surface area contributed by atoms with Gasteiger partial charge in [-0.25, -0.2) is 9.07 Å². The molecule has 3 aromatic heterocycles. The highest BCUT2D eigenvalue weighted by Gasteiger charge is 2.19. The molecule has 1 aliphatic rings. The van der Waals surface area contributed by atoms with Crippen LogP contribution in [0, 0.1) is 12.7 Å². The number of benzene rings is 1. The van der Waals surface area contributed by atoms with Gasteiger partial charge in [-0.05, 0) is 30.7 Å². The zero-order chi connectivity index (χ0) is 20.7. The summed E-state index contributed by atoms with van der Waals surface area (Å²) < 4.78 is 23.4. The summed E-state index contributed by atoms with van der Waals surface area (Å²) in [5, 5.41) is 5.36. The van der Waals surface area contributed by atoms with Gasteiger partial charge in [0.2, 0.25) is 0 Å². The van der Waals surface area contributed by atoms with Gasteiger partial charge in [-0.1, -0.05) is 12.1 Å². The van der Waals surface area contributed by atoms with E-state index in [0.29, 0.717) is 18.6 Å². The Balaban J connectivity index is 1.56. The van der Waals surface area contributed by atoms with E-state index in [0.717, 1.165) is 54.0 Å². The second-order valence-corrected chi connectivity index (χ2v) is 8.93. The van der Waals surface area contributed by atoms with E-state index in [1.807, 2.05) is 6.20 Å². The first kappa shape index (κ1) is 19.4. The summed E-state index contributed by atoms with van der Waals surface area (Å²) in [6.07, 6.45) is 1.81. The van der Waals surface area contributed by atoms with Gasteiger partial charge in [0.15, 0.2) is 0 Å². The number of nitrogens with zero attached hydrogens (tertiary/aromatic N) is 4. The van der Waals surface area contributed by atoms with Gasteiger partial charge >= 0.3 is 0 Å². The van der Waals surface area contributed by atoms with Crippen LogP contribution in [0.25, 0.3) is 21.1 Å². The summed E-state index contributed by atoms with van der Waals surface area (Å²) in [4.78, 5) is 16.9. The minimum Gasteiger partial charge on any atom is -0.379 e. The maximum atomic E-state index is 13.4. The Bertz CT molecular complexity index is 1250. The Morgan fingerprint density at radius 1 is 1.17 bits per heavy atom. The van der Waals surface area contributed by atoms with Crippen molar-refractivity contribution in [2.75, 3.05) is 32.8 Å². The predicted octanol–water partition coefficient (Wildman–Crippen LogP) is 3.24. The van der Waals surface area contributed by atoms with E-state index in [-0.39, 0.29) is 11.4 Å². The quantitative estimate of drug-likeness (QED) is 0.492. The van der Waals surface area contributed by atoms with E-state index in [1.54, 1.807) is 28.2 Å². The number of ether oxygens (including phenoxy) is 1. The average Bonchev–Trinajstić information content (AvgIpc) is 3.26. The molecule has 0 radical (unpaired) electrons. The molecular weight excluding hydrogens is 403 g/mol. The second-order valence-electron chi connectivity index (χ2n) is 7.67. The van der Waals surface area contributed by atoms with E-state index in [4.69, 9.17) is 4.74 Å². The number of halogens is 1. The van der Waals surface area contributed by atoms with Gasteiger partial charge in [0.05, 0.1) is 36.2 Å². The zero-order valence-electron chi connectivity index (χ0n) is 16.8. The molecule has 4 heterocycles. The lowest BCUT2D eigenvalue weighted by Crippen LogP contribution is -2.39. The fourth-order valence-electron chi connectivity index (χ4n) is 4.08. The van der Waals surface area contributed by atoms with Crippen LogP contribution in [0.4, 0.5) is 4.39 Å². The summed E-state index contributed by atoms with van der Waals surface area (Å²) in [5.74, 6) is -0.262. The van der Waals surface area contributed by atoms with Gasteiger partial charge in [-0.3, -0.25) is 9.69 Å². The van der Waals surface area contributed by atoms with Gasteiger partial charge < -0.3 is 9.30 Å². The van der Waals surface area contributed by atoms with Crippen molar-refractivity contribution in [3.63, 3.8) is 0 Å². The first-order chi connectivity index (χ1) is 14.6. The van der Waals surface area contributed by atoms with Crippen LogP contribution in [0.5, 0.6) is 0 Å². The normalized spacial score (nSPS) is 15.4. The molecule has 5 rings (SSSR count). The molecule has 1 aromatic carbocycles. The number of hydrogen-bond donors (Lipinski definition) is 0. The zero-order valence-corrected chi connectivity index (χ0v) is 17.6. The van der Waals surface area contributed by atoms with Crippen molar-refractivity contribution >= 4 is 32.5 Å². The number of morpholine rings is 1. The molecule has 0 saturated carbocycles. The molecule has 1 fully saturated rings. The molecule has 0 spiro atoms. The topological polar surface area (TPSA) is 52.3 Å². The highest BCUT2D eigenvalue weighted by molar-refractivity contribution is 7.20. The Morgan fingerprint density at radius 3 is 2.70 bits per heavy atom. The molecule has 0 atom stereocenters. The molecule has 6 nitrogen and oxygen atoms in total. The Hall–Kier alpha value is -2.55. The monoisotopic (exact) mass is 426 g/mol. The van der Waals surface area contributed by atoms with Crippen LogP contribution in [-0.2, 0) is 17.8 Å². The van der Waals surface area contributed by atoms with Crippen molar-refractivity contribution in [1.82, 2.24) is 19.2 Å². The van der Waals surface area contributed by atoms with Crippen LogP contribution in [0.3, 0.4) is 0 Å². The maximum absolute atomic E-state index is 13.4. The number of thiophene rings is 1. The number of rotatable bonds is 5. The van der Waals surface area contributed by atoms with Crippen LogP contribution >= 0.6 is 11.3 Å². The van der Waals surface area contributed by atoms with Crippen LogP contribution in [0.15, 0.2) is 41.3 Å². The van der Waals surface area contributed by atoms with E-state index in [9.17, 15) is 9.18 Å². The Morgan fingerprint density at radius 2 is 1.93 bits per heavy atom. The molecule has 0 unspecified atom stereocenters. The molecule has 0 bridgehead atoms. The van der Waals surface area contributed by atoms with E-state index >= 15 is 0 Å². The highest BCUT2D eigenvalue weighted by Crippen LogP contribution is 2.34. The van der Waals surface area contributed by atoms with Crippen LogP contribution in [-0.4, -0.2) is 52.1 Å². The first-order valence-electron chi connectivity index (χ1n) is 10.1. The van der Waals surface area contributed by atoms with E-state index in [2.05, 4.69) is 27.6 Å². The van der Waals surface area contributed by atoms with Gasteiger partial charge in [0, 0.05) is 36.4 Å².